The lowest BCUT2D eigenvalue weighted by Gasteiger charge is -2.45. The molecule has 0 aromatic heterocycles. The van der Waals surface area contributed by atoms with Gasteiger partial charge in [0.05, 0.1) is 32.5 Å². The van der Waals surface area contributed by atoms with Crippen molar-refractivity contribution in [2.75, 3.05) is 26.9 Å². The van der Waals surface area contributed by atoms with Crippen molar-refractivity contribution in [1.29, 1.82) is 0 Å². The molecule has 1 aromatic rings. The third-order valence-electron chi connectivity index (χ3n) is 4.32. The van der Waals surface area contributed by atoms with E-state index in [1.165, 1.54) is 0 Å². The van der Waals surface area contributed by atoms with Gasteiger partial charge in [-0.3, -0.25) is 0 Å². The molecule has 1 aromatic carbocycles. The number of hydrogen-bond donors (Lipinski definition) is 0. The zero-order chi connectivity index (χ0) is 16.2. The molecule has 2 aliphatic rings. The molecule has 6 heteroatoms. The van der Waals surface area contributed by atoms with E-state index in [-0.39, 0.29) is 18.2 Å². The molecule has 3 rings (SSSR count). The summed E-state index contributed by atoms with van der Waals surface area (Å²) in [6, 6.07) is 7.59. The second kappa shape index (κ2) is 7.19. The number of ether oxygens (including phenoxy) is 4. The van der Waals surface area contributed by atoms with Crippen molar-refractivity contribution in [3.05, 3.63) is 29.8 Å². The number of rotatable bonds is 3. The van der Waals surface area contributed by atoms with Crippen LogP contribution in [0.25, 0.3) is 0 Å². The van der Waals surface area contributed by atoms with Crippen LogP contribution >= 0.6 is 0 Å². The van der Waals surface area contributed by atoms with E-state index < -0.39 is 6.29 Å². The molecule has 0 unspecified atom stereocenters. The monoisotopic (exact) mass is 321 g/mol. The summed E-state index contributed by atoms with van der Waals surface area (Å²) in [6.07, 6.45) is 1.14. The average molecular weight is 321 g/mol. The van der Waals surface area contributed by atoms with E-state index in [0.717, 1.165) is 24.2 Å². The molecule has 0 radical (unpaired) electrons. The molecule has 126 valence electrons. The molecule has 2 fully saturated rings. The van der Waals surface area contributed by atoms with Crippen molar-refractivity contribution in [2.45, 2.75) is 38.2 Å². The van der Waals surface area contributed by atoms with Gasteiger partial charge in [-0.05, 0) is 31.9 Å². The summed E-state index contributed by atoms with van der Waals surface area (Å²) < 4.78 is 22.2. The summed E-state index contributed by atoms with van der Waals surface area (Å²) in [5, 5.41) is 0. The zero-order valence-corrected chi connectivity index (χ0v) is 13.6. The first-order valence-corrected chi connectivity index (χ1v) is 8.07. The highest BCUT2D eigenvalue weighted by atomic mass is 16.7. The van der Waals surface area contributed by atoms with Crippen molar-refractivity contribution in [3.63, 3.8) is 0 Å². The number of likely N-dealkylation sites (tertiary alicyclic amines) is 1. The van der Waals surface area contributed by atoms with Gasteiger partial charge in [0.15, 0.2) is 6.29 Å². The molecule has 2 saturated heterocycles. The van der Waals surface area contributed by atoms with Gasteiger partial charge in [0.25, 0.3) is 0 Å². The van der Waals surface area contributed by atoms with Gasteiger partial charge in [0.2, 0.25) is 0 Å². The van der Waals surface area contributed by atoms with Crippen LogP contribution in [0.2, 0.25) is 0 Å². The molecule has 2 aliphatic heterocycles. The van der Waals surface area contributed by atoms with Gasteiger partial charge in [-0.25, -0.2) is 4.79 Å². The Hall–Kier alpha value is -1.79. The Morgan fingerprint density at radius 1 is 1.35 bits per heavy atom. The SMILES string of the molecule is CCOC(=O)N1CCC[C@@H]2O[C@@H](c3ccc(OC)cc3)OC[C@H]21. The van der Waals surface area contributed by atoms with Gasteiger partial charge < -0.3 is 23.8 Å². The molecule has 3 atom stereocenters. The normalized spacial score (nSPS) is 27.2. The van der Waals surface area contributed by atoms with Gasteiger partial charge in [-0.1, -0.05) is 12.1 Å². The molecule has 0 aliphatic carbocycles. The minimum atomic E-state index is -0.399. The fraction of sp³-hybridized carbons (Fsp3) is 0.588. The van der Waals surface area contributed by atoms with E-state index in [2.05, 4.69) is 0 Å². The number of benzene rings is 1. The van der Waals surface area contributed by atoms with Crippen LogP contribution < -0.4 is 4.74 Å². The summed E-state index contributed by atoms with van der Waals surface area (Å²) in [4.78, 5) is 13.8. The van der Waals surface area contributed by atoms with Crippen LogP contribution in [0.1, 0.15) is 31.6 Å². The number of amides is 1. The Kier molecular flexibility index (Phi) is 5.03. The number of hydrogen-bond acceptors (Lipinski definition) is 5. The smallest absolute Gasteiger partial charge is 0.410 e. The molecule has 0 bridgehead atoms. The van der Waals surface area contributed by atoms with E-state index in [1.807, 2.05) is 31.2 Å². The van der Waals surface area contributed by atoms with E-state index in [4.69, 9.17) is 18.9 Å². The fourth-order valence-electron chi connectivity index (χ4n) is 3.13. The molecule has 2 heterocycles. The average Bonchev–Trinajstić information content (AvgIpc) is 2.61. The van der Waals surface area contributed by atoms with Gasteiger partial charge in [-0.2, -0.15) is 0 Å². The molecular formula is C17H23NO5. The van der Waals surface area contributed by atoms with Gasteiger partial charge in [0.1, 0.15) is 5.75 Å². The van der Waals surface area contributed by atoms with Crippen LogP contribution in [-0.4, -0.2) is 50.0 Å². The Bertz CT molecular complexity index is 532. The highest BCUT2D eigenvalue weighted by Gasteiger charge is 2.41. The van der Waals surface area contributed by atoms with E-state index >= 15 is 0 Å². The highest BCUT2D eigenvalue weighted by molar-refractivity contribution is 5.68. The Morgan fingerprint density at radius 3 is 2.83 bits per heavy atom. The molecule has 1 amide bonds. The Labute approximate surface area is 136 Å². The summed E-state index contributed by atoms with van der Waals surface area (Å²) in [5.41, 5.74) is 0.956. The van der Waals surface area contributed by atoms with Crippen LogP contribution in [0.5, 0.6) is 5.75 Å². The van der Waals surface area contributed by atoms with Crippen LogP contribution in [-0.2, 0) is 14.2 Å². The highest BCUT2D eigenvalue weighted by Crippen LogP contribution is 2.33. The second-order valence-electron chi connectivity index (χ2n) is 5.71. The van der Waals surface area contributed by atoms with E-state index in [0.29, 0.717) is 19.8 Å². The second-order valence-corrected chi connectivity index (χ2v) is 5.71. The quantitative estimate of drug-likeness (QED) is 0.857. The molecule has 6 nitrogen and oxygen atoms in total. The van der Waals surface area contributed by atoms with E-state index in [9.17, 15) is 4.79 Å². The number of piperidine rings is 1. The lowest BCUT2D eigenvalue weighted by molar-refractivity contribution is -0.249. The van der Waals surface area contributed by atoms with Crippen molar-refractivity contribution in [2.24, 2.45) is 0 Å². The first kappa shape index (κ1) is 16.1. The van der Waals surface area contributed by atoms with Crippen LogP contribution in [0.4, 0.5) is 4.79 Å². The third kappa shape index (κ3) is 3.43. The summed E-state index contributed by atoms with van der Waals surface area (Å²) in [5.74, 6) is 0.800. The lowest BCUT2D eigenvalue weighted by atomic mass is 9.98. The summed E-state index contributed by atoms with van der Waals surface area (Å²) in [7, 11) is 1.64. The van der Waals surface area contributed by atoms with Crippen LogP contribution in [0.3, 0.4) is 0 Å². The molecule has 0 spiro atoms. The van der Waals surface area contributed by atoms with E-state index in [1.54, 1.807) is 12.0 Å². The molecular weight excluding hydrogens is 298 g/mol. The predicted molar refractivity (Wildman–Crippen MR) is 83.3 cm³/mol. The van der Waals surface area contributed by atoms with Crippen LogP contribution in [0.15, 0.2) is 24.3 Å². The maximum atomic E-state index is 12.1. The number of carbonyl (C=O) groups is 1. The van der Waals surface area contributed by atoms with Gasteiger partial charge in [0, 0.05) is 12.1 Å². The third-order valence-corrected chi connectivity index (χ3v) is 4.32. The summed E-state index contributed by atoms with van der Waals surface area (Å²) in [6.45, 7) is 3.34. The maximum Gasteiger partial charge on any atom is 0.410 e. The number of methoxy groups -OCH3 is 1. The van der Waals surface area contributed by atoms with Gasteiger partial charge >= 0.3 is 6.09 Å². The molecule has 0 saturated carbocycles. The Morgan fingerprint density at radius 2 is 2.13 bits per heavy atom. The topological polar surface area (TPSA) is 57.2 Å². The minimum Gasteiger partial charge on any atom is -0.497 e. The standard InChI is InChI=1S/C17H23NO5/c1-3-21-17(19)18-10-4-5-15-14(18)11-22-16(23-15)12-6-8-13(20-2)9-7-12/h6-9,14-16H,3-5,10-11H2,1-2H3/t14-,15+,16+/m1/s1. The van der Waals surface area contributed by atoms with Crippen molar-refractivity contribution >= 4 is 6.09 Å². The van der Waals surface area contributed by atoms with Gasteiger partial charge in [-0.15, -0.1) is 0 Å². The fourth-order valence-corrected chi connectivity index (χ4v) is 3.13. The van der Waals surface area contributed by atoms with Crippen molar-refractivity contribution in [3.8, 4) is 5.75 Å². The first-order valence-electron chi connectivity index (χ1n) is 8.07. The zero-order valence-electron chi connectivity index (χ0n) is 13.6. The number of nitrogens with zero attached hydrogens (tertiary/aromatic N) is 1. The minimum absolute atomic E-state index is 0.0194. The Balaban J connectivity index is 1.67. The lowest BCUT2D eigenvalue weighted by Crippen LogP contribution is -2.56. The van der Waals surface area contributed by atoms with Crippen molar-refractivity contribution in [1.82, 2.24) is 4.90 Å². The van der Waals surface area contributed by atoms with Crippen molar-refractivity contribution < 1.29 is 23.7 Å². The summed E-state index contributed by atoms with van der Waals surface area (Å²) >= 11 is 0. The van der Waals surface area contributed by atoms with Crippen LogP contribution in [0, 0.1) is 0 Å². The molecule has 0 N–H and O–H groups in total. The maximum absolute atomic E-state index is 12.1. The first-order chi connectivity index (χ1) is 11.2. The largest absolute Gasteiger partial charge is 0.497 e. The molecule has 23 heavy (non-hydrogen) atoms. The predicted octanol–water partition coefficient (Wildman–Crippen LogP) is 2.73. The number of carbonyl (C=O) groups excluding carboxylic acids is 1. The number of fused-ring (bicyclic) bond motifs is 1.